The van der Waals surface area contributed by atoms with E-state index in [2.05, 4.69) is 4.98 Å². The van der Waals surface area contributed by atoms with Crippen LogP contribution in [0.4, 0.5) is 10.6 Å². The smallest absolute Gasteiger partial charge is 0.420 e. The predicted molar refractivity (Wildman–Crippen MR) is 106 cm³/mol. The van der Waals surface area contributed by atoms with Crippen LogP contribution < -0.4 is 9.64 Å². The molecule has 2 aromatic carbocycles. The van der Waals surface area contributed by atoms with Crippen molar-refractivity contribution in [3.05, 3.63) is 72.6 Å². The number of carbonyl (C=O) groups excluding carboxylic acids is 1. The first-order valence-corrected chi connectivity index (χ1v) is 8.77. The van der Waals surface area contributed by atoms with Crippen molar-refractivity contribution in [1.82, 2.24) is 4.98 Å². The van der Waals surface area contributed by atoms with Gasteiger partial charge in [0.15, 0.2) is 11.6 Å². The lowest BCUT2D eigenvalue weighted by molar-refractivity contribution is 0.0597. The minimum absolute atomic E-state index is 0.414. The van der Waals surface area contributed by atoms with E-state index in [1.54, 1.807) is 24.6 Å². The van der Waals surface area contributed by atoms with E-state index in [1.165, 1.54) is 4.90 Å². The quantitative estimate of drug-likeness (QED) is 0.586. The Hall–Kier alpha value is -3.34. The lowest BCUT2D eigenvalue weighted by Crippen LogP contribution is -2.37. The van der Waals surface area contributed by atoms with Gasteiger partial charge < -0.3 is 9.47 Å². The average Bonchev–Trinajstić information content (AvgIpc) is 2.65. The summed E-state index contributed by atoms with van der Waals surface area (Å²) in [4.78, 5) is 18.9. The Kier molecular flexibility index (Phi) is 4.07. The van der Waals surface area contributed by atoms with E-state index >= 15 is 0 Å². The van der Waals surface area contributed by atoms with Crippen LogP contribution in [0.2, 0.25) is 0 Å². The third kappa shape index (κ3) is 3.24. The third-order valence-corrected chi connectivity index (χ3v) is 4.14. The molecule has 0 unspecified atom stereocenters. The average molecular weight is 360 g/mol. The van der Waals surface area contributed by atoms with E-state index in [0.29, 0.717) is 17.3 Å². The number of amides is 1. The van der Waals surface area contributed by atoms with E-state index in [0.717, 1.165) is 16.3 Å². The van der Waals surface area contributed by atoms with E-state index in [1.807, 2.05) is 63.2 Å². The van der Waals surface area contributed by atoms with Gasteiger partial charge in [-0.25, -0.2) is 14.7 Å². The molecule has 0 N–H and O–H groups in total. The molecule has 3 aromatic rings. The van der Waals surface area contributed by atoms with Crippen molar-refractivity contribution < 1.29 is 14.3 Å². The van der Waals surface area contributed by atoms with Gasteiger partial charge in [0.05, 0.1) is 5.70 Å². The van der Waals surface area contributed by atoms with Gasteiger partial charge in [0, 0.05) is 11.8 Å². The van der Waals surface area contributed by atoms with Gasteiger partial charge >= 0.3 is 6.09 Å². The van der Waals surface area contributed by atoms with E-state index in [9.17, 15) is 4.79 Å². The Bertz CT molecular complexity index is 1050. The van der Waals surface area contributed by atoms with Crippen molar-refractivity contribution in [1.29, 1.82) is 0 Å². The molecule has 2 heterocycles. The first-order valence-electron chi connectivity index (χ1n) is 8.77. The Morgan fingerprint density at radius 1 is 1.04 bits per heavy atom. The summed E-state index contributed by atoms with van der Waals surface area (Å²) >= 11 is 0. The van der Waals surface area contributed by atoms with Crippen LogP contribution in [0.25, 0.3) is 16.5 Å². The van der Waals surface area contributed by atoms with Crippen molar-refractivity contribution >= 4 is 28.4 Å². The largest absolute Gasteiger partial charge is 0.459 e. The number of rotatable bonds is 1. The number of aromatic nitrogens is 1. The summed E-state index contributed by atoms with van der Waals surface area (Å²) in [5.74, 6) is 0.921. The molecule has 4 rings (SSSR count). The molecule has 5 nitrogen and oxygen atoms in total. The SMILES string of the molecule is CC(C)(C)OC(=O)N1C(c2cccc3ccccc23)=COc2cccnc21. The van der Waals surface area contributed by atoms with Gasteiger partial charge in [0.2, 0.25) is 0 Å². The van der Waals surface area contributed by atoms with Crippen LogP contribution in [0.1, 0.15) is 26.3 Å². The zero-order valence-electron chi connectivity index (χ0n) is 15.5. The van der Waals surface area contributed by atoms with Gasteiger partial charge in [0.25, 0.3) is 0 Å². The van der Waals surface area contributed by atoms with Crippen molar-refractivity contribution in [3.8, 4) is 5.75 Å². The zero-order valence-corrected chi connectivity index (χ0v) is 15.5. The summed E-state index contributed by atoms with van der Waals surface area (Å²) in [7, 11) is 0. The minimum atomic E-state index is -0.631. The fourth-order valence-corrected chi connectivity index (χ4v) is 3.05. The number of fused-ring (bicyclic) bond motifs is 2. The van der Waals surface area contributed by atoms with Gasteiger partial charge in [-0.3, -0.25) is 0 Å². The van der Waals surface area contributed by atoms with E-state index in [4.69, 9.17) is 9.47 Å². The summed E-state index contributed by atoms with van der Waals surface area (Å²) in [6.07, 6.45) is 2.71. The van der Waals surface area contributed by atoms with Gasteiger partial charge in [-0.1, -0.05) is 42.5 Å². The Labute approximate surface area is 157 Å². The molecule has 0 saturated carbocycles. The summed E-state index contributed by atoms with van der Waals surface area (Å²) in [6.45, 7) is 5.52. The molecule has 0 aliphatic carbocycles. The van der Waals surface area contributed by atoms with Gasteiger partial charge in [0.1, 0.15) is 11.9 Å². The molecule has 0 bridgehead atoms. The number of ether oxygens (including phenoxy) is 2. The van der Waals surface area contributed by atoms with Gasteiger partial charge in [-0.15, -0.1) is 0 Å². The topological polar surface area (TPSA) is 51.7 Å². The molecule has 1 amide bonds. The normalized spacial score (nSPS) is 13.6. The third-order valence-electron chi connectivity index (χ3n) is 4.14. The van der Waals surface area contributed by atoms with Crippen molar-refractivity contribution in [3.63, 3.8) is 0 Å². The summed E-state index contributed by atoms with van der Waals surface area (Å²) in [5.41, 5.74) is 0.830. The number of pyridine rings is 1. The van der Waals surface area contributed by atoms with Crippen LogP contribution in [0.3, 0.4) is 0 Å². The highest BCUT2D eigenvalue weighted by Crippen LogP contribution is 2.39. The highest BCUT2D eigenvalue weighted by molar-refractivity contribution is 6.07. The molecule has 27 heavy (non-hydrogen) atoms. The second-order valence-corrected chi connectivity index (χ2v) is 7.29. The summed E-state index contributed by atoms with van der Waals surface area (Å²) < 4.78 is 11.4. The molecule has 0 atom stereocenters. The predicted octanol–water partition coefficient (Wildman–Crippen LogP) is 5.37. The molecule has 0 spiro atoms. The van der Waals surface area contributed by atoms with Crippen LogP contribution in [0.15, 0.2) is 67.1 Å². The Morgan fingerprint density at radius 3 is 2.63 bits per heavy atom. The fraction of sp³-hybridized carbons (Fsp3) is 0.182. The van der Waals surface area contributed by atoms with Crippen molar-refractivity contribution in [2.45, 2.75) is 26.4 Å². The second kappa shape index (κ2) is 6.43. The van der Waals surface area contributed by atoms with Crippen molar-refractivity contribution in [2.24, 2.45) is 0 Å². The molecule has 5 heteroatoms. The molecule has 0 radical (unpaired) electrons. The lowest BCUT2D eigenvalue weighted by Gasteiger charge is -2.31. The molecule has 136 valence electrons. The molecule has 1 aliphatic heterocycles. The standard InChI is InChI=1S/C22H20N2O3/c1-22(2,3)27-21(25)24-18(14-26-19-12-7-13-23-20(19)24)17-11-6-9-15-8-4-5-10-16(15)17/h4-14H,1-3H3. The molecule has 1 aromatic heterocycles. The molecular weight excluding hydrogens is 340 g/mol. The minimum Gasteiger partial charge on any atom is -0.459 e. The second-order valence-electron chi connectivity index (χ2n) is 7.29. The zero-order chi connectivity index (χ0) is 19.0. The maximum absolute atomic E-state index is 13.1. The first-order chi connectivity index (χ1) is 12.9. The molecule has 1 aliphatic rings. The van der Waals surface area contributed by atoms with E-state index in [-0.39, 0.29) is 0 Å². The number of anilines is 1. The van der Waals surface area contributed by atoms with Crippen molar-refractivity contribution in [2.75, 3.05) is 4.90 Å². The van der Waals surface area contributed by atoms with Gasteiger partial charge in [-0.2, -0.15) is 0 Å². The first kappa shape index (κ1) is 17.1. The van der Waals surface area contributed by atoms with Crippen LogP contribution >= 0.6 is 0 Å². The highest BCUT2D eigenvalue weighted by Gasteiger charge is 2.33. The number of benzene rings is 2. The van der Waals surface area contributed by atoms with Crippen LogP contribution in [-0.4, -0.2) is 16.7 Å². The van der Waals surface area contributed by atoms with Crippen LogP contribution in [-0.2, 0) is 4.74 Å². The van der Waals surface area contributed by atoms with E-state index < -0.39 is 11.7 Å². The molecular formula is C22H20N2O3. The lowest BCUT2D eigenvalue weighted by atomic mass is 10.0. The van der Waals surface area contributed by atoms with Crippen LogP contribution in [0, 0.1) is 0 Å². The Morgan fingerprint density at radius 2 is 1.81 bits per heavy atom. The number of hydrogen-bond acceptors (Lipinski definition) is 4. The van der Waals surface area contributed by atoms with Gasteiger partial charge in [-0.05, 0) is 43.7 Å². The van der Waals surface area contributed by atoms with Crippen LogP contribution in [0.5, 0.6) is 5.75 Å². The number of nitrogens with zero attached hydrogens (tertiary/aromatic N) is 2. The highest BCUT2D eigenvalue weighted by atomic mass is 16.6. The summed E-state index contributed by atoms with van der Waals surface area (Å²) in [5, 5.41) is 2.09. The number of carbonyl (C=O) groups is 1. The maximum Gasteiger partial charge on any atom is 0.420 e. The molecule has 0 fully saturated rings. The fourth-order valence-electron chi connectivity index (χ4n) is 3.05. The number of hydrogen-bond donors (Lipinski definition) is 0. The maximum atomic E-state index is 13.1. The monoisotopic (exact) mass is 360 g/mol. The Balaban J connectivity index is 1.88. The summed E-state index contributed by atoms with van der Waals surface area (Å²) in [6, 6.07) is 17.5. The molecule has 0 saturated heterocycles.